The van der Waals surface area contributed by atoms with E-state index >= 15 is 0 Å². The van der Waals surface area contributed by atoms with Crippen LogP contribution in [0.15, 0.2) is 60.9 Å². The van der Waals surface area contributed by atoms with Gasteiger partial charge in [0.2, 0.25) is 0 Å². The number of benzene rings is 2. The highest BCUT2D eigenvalue weighted by molar-refractivity contribution is 5.85. The summed E-state index contributed by atoms with van der Waals surface area (Å²) in [6, 6.07) is 18.3. The first-order valence-corrected chi connectivity index (χ1v) is 10.3. The van der Waals surface area contributed by atoms with Crippen LogP contribution < -0.4 is 0 Å². The topological polar surface area (TPSA) is 6.48 Å². The fourth-order valence-electron chi connectivity index (χ4n) is 3.69. The molecule has 3 rings (SSSR count). The maximum atomic E-state index is 2.38. The highest BCUT2D eigenvalue weighted by Gasteiger charge is 2.13. The van der Waals surface area contributed by atoms with Crippen molar-refractivity contribution in [2.45, 2.75) is 53.6 Å². The zero-order chi connectivity index (χ0) is 19.2. The molecule has 2 aromatic carbocycles. The SMILES string of the molecule is CC(C)Cc1ccc(CN2C=CN(Cc3ccc(CC(C)C)cc3)C2)cc1.Cl. The zero-order valence-corrected chi connectivity index (χ0v) is 18.6. The van der Waals surface area contributed by atoms with Crippen LogP contribution in [0.3, 0.4) is 0 Å². The van der Waals surface area contributed by atoms with Crippen LogP contribution in [0.2, 0.25) is 0 Å². The van der Waals surface area contributed by atoms with Crippen molar-refractivity contribution in [2.75, 3.05) is 6.67 Å². The predicted molar refractivity (Wildman–Crippen MR) is 122 cm³/mol. The van der Waals surface area contributed by atoms with Crippen molar-refractivity contribution in [1.29, 1.82) is 0 Å². The van der Waals surface area contributed by atoms with Gasteiger partial charge in [0.25, 0.3) is 0 Å². The normalized spacial score (nSPS) is 13.5. The maximum Gasteiger partial charge on any atom is 0.0900 e. The third kappa shape index (κ3) is 6.91. The largest absolute Gasteiger partial charge is 0.354 e. The Morgan fingerprint density at radius 3 is 1.25 bits per heavy atom. The molecule has 0 aromatic heterocycles. The van der Waals surface area contributed by atoms with E-state index in [4.69, 9.17) is 0 Å². The highest BCUT2D eigenvalue weighted by Crippen LogP contribution is 2.17. The fraction of sp³-hybridized carbons (Fsp3) is 0.440. The molecule has 0 spiro atoms. The molecule has 1 aliphatic heterocycles. The minimum Gasteiger partial charge on any atom is -0.354 e. The minimum absolute atomic E-state index is 0. The van der Waals surface area contributed by atoms with E-state index < -0.39 is 0 Å². The smallest absolute Gasteiger partial charge is 0.0900 e. The molecule has 0 amide bonds. The first kappa shape index (κ1) is 22.4. The number of nitrogens with zero attached hydrogens (tertiary/aromatic N) is 2. The summed E-state index contributed by atoms with van der Waals surface area (Å²) in [5.74, 6) is 1.43. The Morgan fingerprint density at radius 1 is 0.607 bits per heavy atom. The third-order valence-corrected chi connectivity index (χ3v) is 4.96. The molecule has 0 aliphatic carbocycles. The molecule has 0 radical (unpaired) electrons. The standard InChI is InChI=1S/C25H34N2.ClH/c1-20(2)15-22-5-9-24(10-6-22)17-26-13-14-27(19-26)18-25-11-7-23(8-12-25)16-21(3)4;/h5-14,20-21H,15-19H2,1-4H3;1H. The molecule has 2 nitrogen and oxygen atoms in total. The van der Waals surface area contributed by atoms with Crippen LogP contribution in [0, 0.1) is 11.8 Å². The molecule has 1 heterocycles. The Bertz CT molecular complexity index is 669. The van der Waals surface area contributed by atoms with E-state index in [0.717, 1.165) is 32.6 Å². The Balaban J connectivity index is 0.00000280. The highest BCUT2D eigenvalue weighted by atomic mass is 35.5. The lowest BCUT2D eigenvalue weighted by Gasteiger charge is -2.22. The van der Waals surface area contributed by atoms with Crippen molar-refractivity contribution in [1.82, 2.24) is 9.80 Å². The molecule has 0 saturated heterocycles. The van der Waals surface area contributed by atoms with E-state index in [1.54, 1.807) is 0 Å². The van der Waals surface area contributed by atoms with Gasteiger partial charge >= 0.3 is 0 Å². The van der Waals surface area contributed by atoms with Gasteiger partial charge in [0.05, 0.1) is 6.67 Å². The van der Waals surface area contributed by atoms with E-state index in [-0.39, 0.29) is 12.4 Å². The van der Waals surface area contributed by atoms with Crippen LogP contribution in [-0.2, 0) is 25.9 Å². The second-order valence-electron chi connectivity index (χ2n) is 8.76. The molecule has 1 aliphatic rings. The van der Waals surface area contributed by atoms with Crippen molar-refractivity contribution < 1.29 is 0 Å². The summed E-state index contributed by atoms with van der Waals surface area (Å²) in [5.41, 5.74) is 5.64. The fourth-order valence-corrected chi connectivity index (χ4v) is 3.69. The van der Waals surface area contributed by atoms with Gasteiger partial charge in [-0.05, 0) is 46.9 Å². The van der Waals surface area contributed by atoms with Crippen LogP contribution in [0.25, 0.3) is 0 Å². The lowest BCUT2D eigenvalue weighted by molar-refractivity contribution is 0.254. The van der Waals surface area contributed by atoms with Gasteiger partial charge in [-0.3, -0.25) is 0 Å². The van der Waals surface area contributed by atoms with Crippen LogP contribution in [0.1, 0.15) is 49.9 Å². The van der Waals surface area contributed by atoms with Crippen molar-refractivity contribution in [3.05, 3.63) is 83.2 Å². The average Bonchev–Trinajstić information content (AvgIpc) is 3.04. The van der Waals surface area contributed by atoms with Crippen molar-refractivity contribution in [2.24, 2.45) is 11.8 Å². The summed E-state index contributed by atoms with van der Waals surface area (Å²) in [4.78, 5) is 4.76. The Hall–Kier alpha value is -1.93. The molecule has 0 unspecified atom stereocenters. The summed E-state index contributed by atoms with van der Waals surface area (Å²) in [5, 5.41) is 0. The molecule has 2 aromatic rings. The predicted octanol–water partition coefficient (Wildman–Crippen LogP) is 6.25. The van der Waals surface area contributed by atoms with E-state index in [1.807, 2.05) is 0 Å². The van der Waals surface area contributed by atoms with E-state index in [9.17, 15) is 0 Å². The Labute approximate surface area is 177 Å². The summed E-state index contributed by atoms with van der Waals surface area (Å²) >= 11 is 0. The first-order valence-electron chi connectivity index (χ1n) is 10.3. The van der Waals surface area contributed by atoms with E-state index in [2.05, 4.69) is 98.4 Å². The third-order valence-electron chi connectivity index (χ3n) is 4.96. The van der Waals surface area contributed by atoms with Crippen molar-refractivity contribution >= 4 is 12.4 Å². The number of rotatable bonds is 8. The average molecular weight is 399 g/mol. The van der Waals surface area contributed by atoms with Gasteiger partial charge in [0, 0.05) is 25.5 Å². The number of halogens is 1. The van der Waals surface area contributed by atoms with Gasteiger partial charge < -0.3 is 9.80 Å². The molecule has 0 fully saturated rings. The van der Waals surface area contributed by atoms with Gasteiger partial charge in [-0.1, -0.05) is 76.2 Å². The molecule has 0 bridgehead atoms. The summed E-state index contributed by atoms with van der Waals surface area (Å²) in [7, 11) is 0. The molecule has 152 valence electrons. The maximum absolute atomic E-state index is 2.38. The zero-order valence-electron chi connectivity index (χ0n) is 17.8. The lowest BCUT2D eigenvalue weighted by atomic mass is 10.0. The molecule has 0 N–H and O–H groups in total. The summed E-state index contributed by atoms with van der Waals surface area (Å²) in [6.07, 6.45) is 6.76. The van der Waals surface area contributed by atoms with Gasteiger partial charge in [-0.15, -0.1) is 12.4 Å². The van der Waals surface area contributed by atoms with E-state index in [0.29, 0.717) is 11.8 Å². The second kappa shape index (κ2) is 10.6. The Morgan fingerprint density at radius 2 is 0.929 bits per heavy atom. The molecule has 3 heteroatoms. The van der Waals surface area contributed by atoms with Gasteiger partial charge in [0.15, 0.2) is 0 Å². The van der Waals surface area contributed by atoms with Crippen LogP contribution >= 0.6 is 12.4 Å². The molecular formula is C25H35ClN2. The summed E-state index contributed by atoms with van der Waals surface area (Å²) in [6.45, 7) is 12.0. The second-order valence-corrected chi connectivity index (χ2v) is 8.76. The monoisotopic (exact) mass is 398 g/mol. The van der Waals surface area contributed by atoms with Crippen LogP contribution in [-0.4, -0.2) is 16.5 Å². The van der Waals surface area contributed by atoms with Crippen LogP contribution in [0.4, 0.5) is 0 Å². The van der Waals surface area contributed by atoms with Crippen LogP contribution in [0.5, 0.6) is 0 Å². The van der Waals surface area contributed by atoms with Crippen molar-refractivity contribution in [3.8, 4) is 0 Å². The van der Waals surface area contributed by atoms with E-state index in [1.165, 1.54) is 22.3 Å². The molecule has 0 saturated carbocycles. The number of hydrogen-bond acceptors (Lipinski definition) is 2. The Kier molecular flexibility index (Phi) is 8.44. The van der Waals surface area contributed by atoms with Gasteiger partial charge in [-0.25, -0.2) is 0 Å². The minimum atomic E-state index is 0. The molecule has 28 heavy (non-hydrogen) atoms. The quantitative estimate of drug-likeness (QED) is 0.518. The number of hydrogen-bond donors (Lipinski definition) is 0. The lowest BCUT2D eigenvalue weighted by Crippen LogP contribution is -2.24. The van der Waals surface area contributed by atoms with Gasteiger partial charge in [0.1, 0.15) is 0 Å². The van der Waals surface area contributed by atoms with Crippen molar-refractivity contribution in [3.63, 3.8) is 0 Å². The van der Waals surface area contributed by atoms with Gasteiger partial charge in [-0.2, -0.15) is 0 Å². The summed E-state index contributed by atoms with van der Waals surface area (Å²) < 4.78 is 0. The first-order chi connectivity index (χ1) is 13.0. The molecular weight excluding hydrogens is 364 g/mol. The molecule has 0 atom stereocenters.